The van der Waals surface area contributed by atoms with Gasteiger partial charge >= 0.3 is 11.9 Å². The monoisotopic (exact) mass is 154 g/mol. The third-order valence-corrected chi connectivity index (χ3v) is 1.64. The van der Waals surface area contributed by atoms with E-state index >= 15 is 0 Å². The van der Waals surface area contributed by atoms with E-state index in [1.807, 2.05) is 0 Å². The fraction of sp³-hybridized carbons (Fsp3) is 0.429. The second-order valence-corrected chi connectivity index (χ2v) is 2.46. The van der Waals surface area contributed by atoms with Gasteiger partial charge < -0.3 is 9.47 Å². The summed E-state index contributed by atoms with van der Waals surface area (Å²) in [7, 11) is 0. The van der Waals surface area contributed by atoms with Crippen LogP contribution in [0.4, 0.5) is 0 Å². The number of rotatable bonds is 0. The van der Waals surface area contributed by atoms with E-state index in [0.29, 0.717) is 0 Å². The number of carbonyl (C=O) groups excluding carboxylic acids is 2. The zero-order chi connectivity index (χ0) is 7.84. The first kappa shape index (κ1) is 6.39. The number of allylic oxidation sites excluding steroid dienone is 1. The van der Waals surface area contributed by atoms with Crippen LogP contribution >= 0.6 is 0 Å². The van der Waals surface area contributed by atoms with Crippen LogP contribution in [0.15, 0.2) is 11.1 Å². The maximum Gasteiger partial charge on any atom is 0.348 e. The number of cyclic esters (lactones) is 2. The van der Waals surface area contributed by atoms with Crippen LogP contribution in [-0.2, 0) is 19.1 Å². The molecule has 0 spiro atoms. The van der Waals surface area contributed by atoms with E-state index < -0.39 is 11.9 Å². The van der Waals surface area contributed by atoms with E-state index in [9.17, 15) is 9.59 Å². The Morgan fingerprint density at radius 2 is 1.55 bits per heavy atom. The standard InChI is InChI=1S/C7H6O4/c8-6-5(4-1-2-4)7(9)11-3-10-6/h1-3H2. The van der Waals surface area contributed by atoms with Crippen LogP contribution in [0.2, 0.25) is 0 Å². The molecule has 1 saturated carbocycles. The van der Waals surface area contributed by atoms with Gasteiger partial charge in [0.1, 0.15) is 5.57 Å². The molecular formula is C7H6O4. The molecule has 4 heteroatoms. The van der Waals surface area contributed by atoms with Gasteiger partial charge in [0.2, 0.25) is 6.79 Å². The zero-order valence-corrected chi connectivity index (χ0v) is 5.75. The molecule has 0 bridgehead atoms. The molecule has 0 atom stereocenters. The van der Waals surface area contributed by atoms with Crippen LogP contribution in [0.3, 0.4) is 0 Å². The Bertz CT molecular complexity index is 240. The van der Waals surface area contributed by atoms with Crippen LogP contribution in [0.1, 0.15) is 12.8 Å². The summed E-state index contributed by atoms with van der Waals surface area (Å²) in [4.78, 5) is 21.8. The van der Waals surface area contributed by atoms with Crippen LogP contribution in [0.25, 0.3) is 0 Å². The third-order valence-electron chi connectivity index (χ3n) is 1.64. The normalized spacial score (nSPS) is 22.9. The van der Waals surface area contributed by atoms with Gasteiger partial charge in [0.05, 0.1) is 0 Å². The quantitative estimate of drug-likeness (QED) is 0.283. The van der Waals surface area contributed by atoms with Crippen molar-refractivity contribution in [2.24, 2.45) is 0 Å². The Kier molecular flexibility index (Phi) is 1.21. The Hall–Kier alpha value is -1.32. The molecule has 1 saturated heterocycles. The Balaban J connectivity index is 2.33. The first-order valence-corrected chi connectivity index (χ1v) is 3.35. The second-order valence-electron chi connectivity index (χ2n) is 2.46. The highest BCUT2D eigenvalue weighted by Crippen LogP contribution is 2.33. The van der Waals surface area contributed by atoms with Gasteiger partial charge in [-0.15, -0.1) is 0 Å². The van der Waals surface area contributed by atoms with E-state index in [1.54, 1.807) is 0 Å². The first-order chi connectivity index (χ1) is 5.29. The lowest BCUT2D eigenvalue weighted by Crippen LogP contribution is -2.26. The smallest absolute Gasteiger partial charge is 0.348 e. The van der Waals surface area contributed by atoms with E-state index in [4.69, 9.17) is 0 Å². The van der Waals surface area contributed by atoms with Gasteiger partial charge in [0.15, 0.2) is 0 Å². The van der Waals surface area contributed by atoms with Crippen molar-refractivity contribution >= 4 is 11.9 Å². The van der Waals surface area contributed by atoms with Crippen molar-refractivity contribution < 1.29 is 19.1 Å². The van der Waals surface area contributed by atoms with E-state index in [1.165, 1.54) is 0 Å². The van der Waals surface area contributed by atoms with Crippen molar-refractivity contribution in [2.75, 3.05) is 6.79 Å². The fourth-order valence-electron chi connectivity index (χ4n) is 0.965. The molecule has 1 aliphatic carbocycles. The molecule has 0 aromatic carbocycles. The van der Waals surface area contributed by atoms with Gasteiger partial charge in [-0.25, -0.2) is 9.59 Å². The summed E-state index contributed by atoms with van der Waals surface area (Å²) in [6.07, 6.45) is 1.64. The summed E-state index contributed by atoms with van der Waals surface area (Å²) in [6.45, 7) is -0.242. The average molecular weight is 154 g/mol. The minimum absolute atomic E-state index is 0.122. The van der Waals surface area contributed by atoms with E-state index in [0.717, 1.165) is 18.4 Å². The molecule has 0 N–H and O–H groups in total. The largest absolute Gasteiger partial charge is 0.424 e. The summed E-state index contributed by atoms with van der Waals surface area (Å²) in [5, 5.41) is 0. The van der Waals surface area contributed by atoms with Crippen molar-refractivity contribution in [3.8, 4) is 0 Å². The van der Waals surface area contributed by atoms with E-state index in [-0.39, 0.29) is 12.4 Å². The number of hydrogen-bond acceptors (Lipinski definition) is 4. The van der Waals surface area contributed by atoms with E-state index in [2.05, 4.69) is 9.47 Å². The van der Waals surface area contributed by atoms with Crippen LogP contribution in [-0.4, -0.2) is 18.7 Å². The summed E-state index contributed by atoms with van der Waals surface area (Å²) < 4.78 is 9.04. The van der Waals surface area contributed by atoms with Gasteiger partial charge in [0, 0.05) is 0 Å². The molecular weight excluding hydrogens is 148 g/mol. The topological polar surface area (TPSA) is 52.6 Å². The maximum atomic E-state index is 10.9. The van der Waals surface area contributed by atoms with Gasteiger partial charge in [0.25, 0.3) is 0 Å². The summed E-state index contributed by atoms with van der Waals surface area (Å²) in [5.74, 6) is -1.07. The SMILES string of the molecule is O=C1OCOC(=O)C1=C1CC1. The minimum atomic E-state index is -0.534. The van der Waals surface area contributed by atoms with Crippen molar-refractivity contribution in [3.63, 3.8) is 0 Å². The molecule has 11 heavy (non-hydrogen) atoms. The highest BCUT2D eigenvalue weighted by molar-refractivity contribution is 6.16. The first-order valence-electron chi connectivity index (χ1n) is 3.35. The summed E-state index contributed by atoms with van der Waals surface area (Å²) >= 11 is 0. The predicted molar refractivity (Wildman–Crippen MR) is 33.3 cm³/mol. The Morgan fingerprint density at radius 1 is 1.00 bits per heavy atom. The highest BCUT2D eigenvalue weighted by Gasteiger charge is 2.33. The molecule has 1 aliphatic heterocycles. The van der Waals surface area contributed by atoms with Gasteiger partial charge in [-0.2, -0.15) is 0 Å². The molecule has 58 valence electrons. The lowest BCUT2D eigenvalue weighted by Gasteiger charge is -2.13. The highest BCUT2D eigenvalue weighted by atomic mass is 16.7. The minimum Gasteiger partial charge on any atom is -0.424 e. The maximum absolute atomic E-state index is 10.9. The van der Waals surface area contributed by atoms with Crippen LogP contribution in [0.5, 0.6) is 0 Å². The number of ether oxygens (including phenoxy) is 2. The molecule has 2 rings (SSSR count). The fourth-order valence-corrected chi connectivity index (χ4v) is 0.965. The number of hydrogen-bond donors (Lipinski definition) is 0. The molecule has 0 aromatic heterocycles. The van der Waals surface area contributed by atoms with Gasteiger partial charge in [-0.05, 0) is 18.4 Å². The lowest BCUT2D eigenvalue weighted by molar-refractivity contribution is -0.172. The van der Waals surface area contributed by atoms with Crippen molar-refractivity contribution in [1.29, 1.82) is 0 Å². The number of esters is 2. The molecule has 1 heterocycles. The summed E-state index contributed by atoms with van der Waals surface area (Å²) in [5.41, 5.74) is 0.982. The Morgan fingerprint density at radius 3 is 2.00 bits per heavy atom. The van der Waals surface area contributed by atoms with Gasteiger partial charge in [-0.3, -0.25) is 0 Å². The van der Waals surface area contributed by atoms with Crippen molar-refractivity contribution in [1.82, 2.24) is 0 Å². The average Bonchev–Trinajstić information content (AvgIpc) is 2.70. The van der Waals surface area contributed by atoms with Crippen LogP contribution < -0.4 is 0 Å². The molecule has 2 aliphatic rings. The number of carbonyl (C=O) groups is 2. The second kappa shape index (κ2) is 2.08. The third kappa shape index (κ3) is 1.00. The van der Waals surface area contributed by atoms with Gasteiger partial charge in [-0.1, -0.05) is 0 Å². The summed E-state index contributed by atoms with van der Waals surface area (Å²) in [6, 6.07) is 0. The Labute approximate surface area is 62.8 Å². The molecule has 0 radical (unpaired) electrons. The lowest BCUT2D eigenvalue weighted by atomic mass is 10.2. The molecule has 2 fully saturated rings. The van der Waals surface area contributed by atoms with Crippen LogP contribution in [0, 0.1) is 0 Å². The molecule has 0 unspecified atom stereocenters. The van der Waals surface area contributed by atoms with Crippen molar-refractivity contribution in [3.05, 3.63) is 11.1 Å². The molecule has 4 nitrogen and oxygen atoms in total. The molecule has 0 amide bonds. The van der Waals surface area contributed by atoms with Crippen molar-refractivity contribution in [2.45, 2.75) is 12.8 Å². The zero-order valence-electron chi connectivity index (χ0n) is 5.75. The molecule has 0 aromatic rings. The predicted octanol–water partition coefficient (Wildman–Crippen LogP) is 0.134.